The molecule has 4 saturated carbocycles. The van der Waals surface area contributed by atoms with Crippen LogP contribution in [0.15, 0.2) is 18.2 Å². The summed E-state index contributed by atoms with van der Waals surface area (Å²) in [7, 11) is 3.12. The Kier molecular flexibility index (Phi) is 4.74. The number of carbonyl (C=O) groups is 2. The summed E-state index contributed by atoms with van der Waals surface area (Å²) < 4.78 is 10.5. The van der Waals surface area contributed by atoms with Crippen molar-refractivity contribution in [3.63, 3.8) is 0 Å². The monoisotopic (exact) mass is 372 g/mol. The van der Waals surface area contributed by atoms with Gasteiger partial charge in [0.2, 0.25) is 11.8 Å². The van der Waals surface area contributed by atoms with Gasteiger partial charge in [-0.2, -0.15) is 0 Å². The second kappa shape index (κ2) is 7.06. The Morgan fingerprint density at radius 2 is 1.67 bits per heavy atom. The van der Waals surface area contributed by atoms with Crippen LogP contribution in [0.2, 0.25) is 0 Å². The number of nitrogens with one attached hydrogen (secondary N) is 2. The van der Waals surface area contributed by atoms with Crippen molar-refractivity contribution in [1.29, 1.82) is 0 Å². The lowest BCUT2D eigenvalue weighted by molar-refractivity contribution is -0.146. The third kappa shape index (κ3) is 3.49. The minimum absolute atomic E-state index is 0.0268. The fraction of sp³-hybridized carbons (Fsp3) is 0.619. The first kappa shape index (κ1) is 18.1. The average molecular weight is 372 g/mol. The van der Waals surface area contributed by atoms with Crippen LogP contribution in [0.1, 0.15) is 38.5 Å². The van der Waals surface area contributed by atoms with Crippen molar-refractivity contribution in [2.45, 2.75) is 38.5 Å². The summed E-state index contributed by atoms with van der Waals surface area (Å²) in [6.45, 7) is -0.0268. The van der Waals surface area contributed by atoms with Crippen LogP contribution >= 0.6 is 0 Å². The molecule has 4 bridgehead atoms. The predicted molar refractivity (Wildman–Crippen MR) is 102 cm³/mol. The van der Waals surface area contributed by atoms with E-state index < -0.39 is 0 Å². The van der Waals surface area contributed by atoms with Gasteiger partial charge in [-0.05, 0) is 68.4 Å². The van der Waals surface area contributed by atoms with Crippen LogP contribution in [0.3, 0.4) is 0 Å². The van der Waals surface area contributed by atoms with Crippen molar-refractivity contribution in [3.8, 4) is 11.5 Å². The molecule has 2 N–H and O–H groups in total. The third-order valence-electron chi connectivity index (χ3n) is 6.61. The molecule has 27 heavy (non-hydrogen) atoms. The van der Waals surface area contributed by atoms with Crippen molar-refractivity contribution in [1.82, 2.24) is 5.32 Å². The van der Waals surface area contributed by atoms with Gasteiger partial charge in [-0.1, -0.05) is 0 Å². The number of amides is 2. The number of hydrogen-bond acceptors (Lipinski definition) is 4. The quantitative estimate of drug-likeness (QED) is 0.805. The average Bonchev–Trinajstić information content (AvgIpc) is 2.65. The zero-order valence-corrected chi connectivity index (χ0v) is 16.0. The van der Waals surface area contributed by atoms with Crippen molar-refractivity contribution in [2.75, 3.05) is 26.1 Å². The molecule has 4 aliphatic rings. The fourth-order valence-corrected chi connectivity index (χ4v) is 5.84. The van der Waals surface area contributed by atoms with E-state index in [-0.39, 0.29) is 23.8 Å². The van der Waals surface area contributed by atoms with Gasteiger partial charge < -0.3 is 20.1 Å². The summed E-state index contributed by atoms with van der Waals surface area (Å²) in [6, 6.07) is 5.21. The van der Waals surface area contributed by atoms with E-state index in [0.29, 0.717) is 34.9 Å². The Morgan fingerprint density at radius 3 is 2.22 bits per heavy atom. The van der Waals surface area contributed by atoms with Crippen molar-refractivity contribution in [3.05, 3.63) is 18.2 Å². The molecule has 0 spiro atoms. The molecular weight excluding hydrogens is 344 g/mol. The van der Waals surface area contributed by atoms with Gasteiger partial charge in [0, 0.05) is 11.5 Å². The SMILES string of the molecule is COc1ccc(OC)c(NC(=O)CNC(=O)C23CC4CC(CC(C4)C2)C3)c1. The molecule has 0 radical (unpaired) electrons. The van der Waals surface area contributed by atoms with Gasteiger partial charge in [0.05, 0.1) is 26.5 Å². The van der Waals surface area contributed by atoms with Crippen molar-refractivity contribution >= 4 is 17.5 Å². The first-order valence-corrected chi connectivity index (χ1v) is 9.81. The molecule has 0 unspecified atom stereocenters. The van der Waals surface area contributed by atoms with Crippen molar-refractivity contribution < 1.29 is 19.1 Å². The smallest absolute Gasteiger partial charge is 0.243 e. The largest absolute Gasteiger partial charge is 0.497 e. The topological polar surface area (TPSA) is 76.7 Å². The molecule has 146 valence electrons. The number of hydrogen-bond donors (Lipinski definition) is 2. The first-order chi connectivity index (χ1) is 13.0. The Hall–Kier alpha value is -2.24. The highest BCUT2D eigenvalue weighted by Crippen LogP contribution is 2.60. The molecule has 0 aliphatic heterocycles. The molecule has 0 saturated heterocycles. The maximum Gasteiger partial charge on any atom is 0.243 e. The number of rotatable bonds is 6. The molecule has 0 heterocycles. The van der Waals surface area contributed by atoms with Crippen LogP contribution in [-0.2, 0) is 9.59 Å². The molecule has 5 rings (SSSR count). The van der Waals surface area contributed by atoms with Gasteiger partial charge in [0.1, 0.15) is 11.5 Å². The Bertz CT molecular complexity index is 710. The Labute approximate surface area is 160 Å². The maximum atomic E-state index is 12.9. The number of ether oxygens (including phenoxy) is 2. The summed E-state index contributed by atoms with van der Waals surface area (Å²) in [5.74, 6) is 3.10. The maximum absolute atomic E-state index is 12.9. The highest BCUT2D eigenvalue weighted by atomic mass is 16.5. The van der Waals surface area contributed by atoms with Crippen LogP contribution in [-0.4, -0.2) is 32.6 Å². The van der Waals surface area contributed by atoms with Gasteiger partial charge in [0.15, 0.2) is 0 Å². The van der Waals surface area contributed by atoms with E-state index in [4.69, 9.17) is 9.47 Å². The molecule has 0 atom stereocenters. The van der Waals surface area contributed by atoms with E-state index in [9.17, 15) is 9.59 Å². The number of methoxy groups -OCH3 is 2. The van der Waals surface area contributed by atoms with Gasteiger partial charge in [0.25, 0.3) is 0 Å². The van der Waals surface area contributed by atoms with E-state index >= 15 is 0 Å². The van der Waals surface area contributed by atoms with Gasteiger partial charge >= 0.3 is 0 Å². The summed E-state index contributed by atoms with van der Waals surface area (Å²) >= 11 is 0. The Morgan fingerprint density at radius 1 is 1.04 bits per heavy atom. The van der Waals surface area contributed by atoms with Gasteiger partial charge in [-0.3, -0.25) is 9.59 Å². The lowest BCUT2D eigenvalue weighted by Crippen LogP contribution is -2.54. The van der Waals surface area contributed by atoms with Gasteiger partial charge in [-0.25, -0.2) is 0 Å². The van der Waals surface area contributed by atoms with Gasteiger partial charge in [-0.15, -0.1) is 0 Å². The predicted octanol–water partition coefficient (Wildman–Crippen LogP) is 2.97. The molecule has 1 aromatic carbocycles. The van der Waals surface area contributed by atoms with E-state index in [1.165, 1.54) is 19.3 Å². The molecule has 0 aromatic heterocycles. The summed E-state index contributed by atoms with van der Waals surface area (Å²) in [6.07, 6.45) is 6.87. The van der Waals surface area contributed by atoms with E-state index in [2.05, 4.69) is 10.6 Å². The number of carbonyl (C=O) groups excluding carboxylic acids is 2. The highest BCUT2D eigenvalue weighted by molar-refractivity contribution is 5.96. The molecule has 4 aliphatic carbocycles. The second-order valence-electron chi connectivity index (χ2n) is 8.49. The van der Waals surface area contributed by atoms with Crippen molar-refractivity contribution in [2.24, 2.45) is 23.2 Å². The van der Waals surface area contributed by atoms with E-state index in [0.717, 1.165) is 19.3 Å². The fourth-order valence-electron chi connectivity index (χ4n) is 5.84. The number of benzene rings is 1. The molecule has 4 fully saturated rings. The van der Waals surface area contributed by atoms with Crippen LogP contribution in [0.25, 0.3) is 0 Å². The first-order valence-electron chi connectivity index (χ1n) is 9.81. The molecule has 6 heteroatoms. The van der Waals surface area contributed by atoms with E-state index in [1.807, 2.05) is 0 Å². The van der Waals surface area contributed by atoms with Crippen LogP contribution in [0.5, 0.6) is 11.5 Å². The van der Waals surface area contributed by atoms with Crippen LogP contribution in [0, 0.1) is 23.2 Å². The number of anilines is 1. The highest BCUT2D eigenvalue weighted by Gasteiger charge is 2.54. The zero-order valence-electron chi connectivity index (χ0n) is 16.0. The third-order valence-corrected chi connectivity index (χ3v) is 6.61. The second-order valence-corrected chi connectivity index (χ2v) is 8.49. The lowest BCUT2D eigenvalue weighted by atomic mass is 9.49. The zero-order chi connectivity index (χ0) is 19.0. The molecular formula is C21H28N2O4. The normalized spacial score (nSPS) is 30.7. The lowest BCUT2D eigenvalue weighted by Gasteiger charge is -2.55. The van der Waals surface area contributed by atoms with Crippen LogP contribution < -0.4 is 20.1 Å². The molecule has 1 aromatic rings. The minimum atomic E-state index is -0.264. The summed E-state index contributed by atoms with van der Waals surface area (Å²) in [4.78, 5) is 25.3. The standard InChI is InChI=1S/C21H28N2O4/c1-26-16-3-4-18(27-2)17(8-16)23-19(24)12-22-20(25)21-9-13-5-14(10-21)7-15(6-13)11-21/h3-4,8,13-15H,5-7,9-12H2,1-2H3,(H,22,25)(H,23,24). The Balaban J connectivity index is 1.36. The van der Waals surface area contributed by atoms with Crippen LogP contribution in [0.4, 0.5) is 5.69 Å². The minimum Gasteiger partial charge on any atom is -0.497 e. The summed E-state index contributed by atoms with van der Waals surface area (Å²) in [5.41, 5.74) is 0.300. The summed E-state index contributed by atoms with van der Waals surface area (Å²) in [5, 5.41) is 5.71. The van der Waals surface area contributed by atoms with E-state index in [1.54, 1.807) is 32.4 Å². The molecule has 6 nitrogen and oxygen atoms in total. The molecule has 2 amide bonds.